The van der Waals surface area contributed by atoms with Crippen LogP contribution in [0.15, 0.2) is 36.4 Å². The van der Waals surface area contributed by atoms with Crippen molar-refractivity contribution >= 4 is 22.9 Å². The van der Waals surface area contributed by atoms with Crippen LogP contribution in [0.25, 0.3) is 0 Å². The summed E-state index contributed by atoms with van der Waals surface area (Å²) in [6.07, 6.45) is 4.39. The van der Waals surface area contributed by atoms with Crippen molar-refractivity contribution in [3.05, 3.63) is 53.1 Å². The van der Waals surface area contributed by atoms with Crippen molar-refractivity contribution in [3.63, 3.8) is 0 Å². The maximum absolute atomic E-state index is 10.2. The lowest BCUT2D eigenvalue weighted by Gasteiger charge is -2.21. The monoisotopic (exact) mass is 313 g/mol. The van der Waals surface area contributed by atoms with Crippen molar-refractivity contribution in [2.24, 2.45) is 0 Å². The molecule has 0 amide bonds. The molecule has 0 saturated heterocycles. The van der Waals surface area contributed by atoms with Gasteiger partial charge in [0.25, 0.3) is 0 Å². The molecule has 4 heteroatoms. The van der Waals surface area contributed by atoms with E-state index in [-0.39, 0.29) is 5.75 Å². The minimum absolute atomic E-state index is 0.256. The second-order valence-electron chi connectivity index (χ2n) is 5.49. The van der Waals surface area contributed by atoms with Crippen LogP contribution < -0.4 is 10.1 Å². The molecule has 0 unspecified atom stereocenters. The summed E-state index contributed by atoms with van der Waals surface area (Å²) >= 11 is 5.53. The van der Waals surface area contributed by atoms with Gasteiger partial charge in [-0.15, -0.1) is 0 Å². The Morgan fingerprint density at radius 2 is 1.82 bits per heavy atom. The highest BCUT2D eigenvalue weighted by Crippen LogP contribution is 2.31. The average molecular weight is 313 g/mol. The number of rotatable bonds is 3. The first-order chi connectivity index (χ1) is 10.7. The number of anilines is 1. The van der Waals surface area contributed by atoms with E-state index in [0.29, 0.717) is 4.99 Å². The van der Waals surface area contributed by atoms with Gasteiger partial charge in [-0.05, 0) is 67.1 Å². The number of nitrogens with one attached hydrogen (secondary N) is 1. The van der Waals surface area contributed by atoms with E-state index in [4.69, 9.17) is 17.0 Å². The number of methoxy groups -OCH3 is 1. The van der Waals surface area contributed by atoms with Gasteiger partial charge in [-0.2, -0.15) is 0 Å². The van der Waals surface area contributed by atoms with Gasteiger partial charge in [0.15, 0.2) is 0 Å². The van der Waals surface area contributed by atoms with Gasteiger partial charge in [0, 0.05) is 5.69 Å². The van der Waals surface area contributed by atoms with Crippen molar-refractivity contribution in [3.8, 4) is 11.5 Å². The Morgan fingerprint density at radius 3 is 2.55 bits per heavy atom. The molecule has 1 aliphatic rings. The number of fused-ring (bicyclic) bond motifs is 1. The Morgan fingerprint density at radius 1 is 1.09 bits per heavy atom. The molecule has 0 saturated carbocycles. The SMILES string of the molecule is COc1ccc(NC(=S)c2c(O)ccc3c2CCCC3)cc1. The van der Waals surface area contributed by atoms with Gasteiger partial charge in [0.05, 0.1) is 12.7 Å². The Bertz CT molecular complexity index is 695. The third-order valence-electron chi connectivity index (χ3n) is 4.09. The quantitative estimate of drug-likeness (QED) is 0.838. The summed E-state index contributed by atoms with van der Waals surface area (Å²) in [6.45, 7) is 0. The number of hydrogen-bond acceptors (Lipinski definition) is 3. The van der Waals surface area contributed by atoms with Gasteiger partial charge < -0.3 is 15.2 Å². The highest BCUT2D eigenvalue weighted by Gasteiger charge is 2.19. The third kappa shape index (κ3) is 2.92. The predicted molar refractivity (Wildman–Crippen MR) is 93.1 cm³/mol. The first kappa shape index (κ1) is 14.9. The van der Waals surface area contributed by atoms with Crippen molar-refractivity contribution in [2.75, 3.05) is 12.4 Å². The van der Waals surface area contributed by atoms with Crippen LogP contribution in [0.4, 0.5) is 5.69 Å². The molecule has 0 spiro atoms. The fraction of sp³-hybridized carbons (Fsp3) is 0.278. The van der Waals surface area contributed by atoms with Crippen LogP contribution in [-0.4, -0.2) is 17.2 Å². The number of aryl methyl sites for hydroxylation is 1. The van der Waals surface area contributed by atoms with E-state index in [1.54, 1.807) is 13.2 Å². The standard InChI is InChI=1S/C18H19NO2S/c1-21-14-9-7-13(8-10-14)19-18(22)17-15-5-3-2-4-12(15)6-11-16(17)20/h6-11,20H,2-5H2,1H3,(H,19,22). The first-order valence-corrected chi connectivity index (χ1v) is 7.89. The van der Waals surface area contributed by atoms with E-state index in [0.717, 1.165) is 36.3 Å². The van der Waals surface area contributed by atoms with E-state index in [9.17, 15) is 5.11 Å². The highest BCUT2D eigenvalue weighted by molar-refractivity contribution is 7.81. The Hall–Kier alpha value is -2.07. The summed E-state index contributed by atoms with van der Waals surface area (Å²) in [5.41, 5.74) is 4.16. The van der Waals surface area contributed by atoms with Crippen LogP contribution in [-0.2, 0) is 12.8 Å². The summed E-state index contributed by atoms with van der Waals surface area (Å²) in [7, 11) is 1.64. The predicted octanol–water partition coefficient (Wildman–Crippen LogP) is 4.07. The number of phenols is 1. The van der Waals surface area contributed by atoms with Crippen molar-refractivity contribution in [1.82, 2.24) is 0 Å². The first-order valence-electron chi connectivity index (χ1n) is 7.48. The zero-order chi connectivity index (χ0) is 15.5. The van der Waals surface area contributed by atoms with Crippen molar-refractivity contribution in [2.45, 2.75) is 25.7 Å². The maximum Gasteiger partial charge on any atom is 0.126 e. The Labute approximate surface area is 135 Å². The fourth-order valence-corrected chi connectivity index (χ4v) is 3.28. The van der Waals surface area contributed by atoms with Crippen LogP contribution in [0.2, 0.25) is 0 Å². The summed E-state index contributed by atoms with van der Waals surface area (Å²) in [5.74, 6) is 1.06. The third-order valence-corrected chi connectivity index (χ3v) is 4.39. The zero-order valence-electron chi connectivity index (χ0n) is 12.6. The molecule has 0 heterocycles. The summed E-state index contributed by atoms with van der Waals surface area (Å²) in [5, 5.41) is 13.5. The summed E-state index contributed by atoms with van der Waals surface area (Å²) in [4.78, 5) is 0.571. The molecule has 0 radical (unpaired) electrons. The van der Waals surface area contributed by atoms with E-state index in [1.807, 2.05) is 30.3 Å². The largest absolute Gasteiger partial charge is 0.507 e. The van der Waals surface area contributed by atoms with Gasteiger partial charge in [0.1, 0.15) is 16.5 Å². The number of thiocarbonyl (C=S) groups is 1. The van der Waals surface area contributed by atoms with Crippen LogP contribution in [0.3, 0.4) is 0 Å². The lowest BCUT2D eigenvalue weighted by molar-refractivity contribution is 0.415. The fourth-order valence-electron chi connectivity index (χ4n) is 2.94. The van der Waals surface area contributed by atoms with E-state index < -0.39 is 0 Å². The van der Waals surface area contributed by atoms with E-state index in [1.165, 1.54) is 17.5 Å². The minimum atomic E-state index is 0.256. The Balaban J connectivity index is 1.88. The molecular formula is C18H19NO2S. The Kier molecular flexibility index (Phi) is 4.29. The minimum Gasteiger partial charge on any atom is -0.507 e. The van der Waals surface area contributed by atoms with Crippen LogP contribution in [0, 0.1) is 0 Å². The number of hydrogen-bond donors (Lipinski definition) is 2. The topological polar surface area (TPSA) is 41.5 Å². The van der Waals surface area contributed by atoms with Crippen LogP contribution in [0.1, 0.15) is 29.5 Å². The van der Waals surface area contributed by atoms with Gasteiger partial charge in [-0.1, -0.05) is 18.3 Å². The molecule has 0 aromatic heterocycles. The van der Waals surface area contributed by atoms with Crippen molar-refractivity contribution < 1.29 is 9.84 Å². The number of benzene rings is 2. The van der Waals surface area contributed by atoms with Crippen LogP contribution in [0.5, 0.6) is 11.5 Å². The summed E-state index contributed by atoms with van der Waals surface area (Å²) in [6, 6.07) is 11.4. The normalized spacial score (nSPS) is 13.3. The molecule has 0 bridgehead atoms. The van der Waals surface area contributed by atoms with Crippen molar-refractivity contribution in [1.29, 1.82) is 0 Å². The number of phenolic OH excluding ortho intramolecular Hbond substituents is 1. The van der Waals surface area contributed by atoms with Crippen LogP contribution >= 0.6 is 12.2 Å². The molecule has 22 heavy (non-hydrogen) atoms. The lowest BCUT2D eigenvalue weighted by atomic mass is 9.87. The highest BCUT2D eigenvalue weighted by atomic mass is 32.1. The number of ether oxygens (including phenoxy) is 1. The molecule has 0 aliphatic heterocycles. The second-order valence-corrected chi connectivity index (χ2v) is 5.90. The number of aromatic hydroxyl groups is 1. The molecule has 114 valence electrons. The van der Waals surface area contributed by atoms with E-state index >= 15 is 0 Å². The molecule has 3 rings (SSSR count). The van der Waals surface area contributed by atoms with Gasteiger partial charge >= 0.3 is 0 Å². The average Bonchev–Trinajstić information content (AvgIpc) is 2.55. The molecule has 3 nitrogen and oxygen atoms in total. The van der Waals surface area contributed by atoms with E-state index in [2.05, 4.69) is 5.32 Å². The molecule has 0 fully saturated rings. The molecule has 0 atom stereocenters. The summed E-state index contributed by atoms with van der Waals surface area (Å²) < 4.78 is 5.15. The van der Waals surface area contributed by atoms with Gasteiger partial charge in [0.2, 0.25) is 0 Å². The molecule has 1 aliphatic carbocycles. The molecule has 2 aromatic rings. The zero-order valence-corrected chi connectivity index (χ0v) is 13.4. The second kappa shape index (κ2) is 6.36. The lowest BCUT2D eigenvalue weighted by Crippen LogP contribution is -2.16. The molecular weight excluding hydrogens is 294 g/mol. The smallest absolute Gasteiger partial charge is 0.126 e. The van der Waals surface area contributed by atoms with Gasteiger partial charge in [-0.25, -0.2) is 0 Å². The maximum atomic E-state index is 10.2. The molecule has 2 aromatic carbocycles. The van der Waals surface area contributed by atoms with Gasteiger partial charge in [-0.3, -0.25) is 0 Å². The molecule has 2 N–H and O–H groups in total.